The van der Waals surface area contributed by atoms with Crippen molar-refractivity contribution in [1.82, 2.24) is 4.98 Å². The molecule has 2 heterocycles. The summed E-state index contributed by atoms with van der Waals surface area (Å²) in [5, 5.41) is 3.24. The Balaban J connectivity index is 2.13. The summed E-state index contributed by atoms with van der Waals surface area (Å²) < 4.78 is 10.6. The maximum absolute atomic E-state index is 12.0. The topological polar surface area (TPSA) is 52.3 Å². The van der Waals surface area contributed by atoms with Gasteiger partial charge < -0.3 is 9.15 Å². The van der Waals surface area contributed by atoms with Gasteiger partial charge in [-0.25, -0.2) is 9.78 Å². The van der Waals surface area contributed by atoms with Gasteiger partial charge in [0.25, 0.3) is 5.19 Å². The maximum atomic E-state index is 12.0. The highest BCUT2D eigenvalue weighted by molar-refractivity contribution is 7.11. The van der Waals surface area contributed by atoms with E-state index in [2.05, 4.69) is 4.98 Å². The van der Waals surface area contributed by atoms with Gasteiger partial charge in [0.15, 0.2) is 0 Å². The maximum Gasteiger partial charge on any atom is 0.345 e. The predicted molar refractivity (Wildman–Crippen MR) is 74.8 cm³/mol. The SMILES string of the molecule is CCOc1nc(-c2cc3ccccc3oc2=O)cs1. The number of hydrogen-bond acceptors (Lipinski definition) is 5. The first-order chi connectivity index (χ1) is 9.28. The summed E-state index contributed by atoms with van der Waals surface area (Å²) in [5.41, 5.74) is 1.25. The largest absolute Gasteiger partial charge is 0.470 e. The molecule has 0 radical (unpaired) electrons. The molecule has 1 aromatic carbocycles. The van der Waals surface area contributed by atoms with E-state index < -0.39 is 0 Å². The van der Waals surface area contributed by atoms with Crippen LogP contribution in [0.4, 0.5) is 0 Å². The fourth-order valence-electron chi connectivity index (χ4n) is 1.81. The van der Waals surface area contributed by atoms with Crippen molar-refractivity contribution < 1.29 is 9.15 Å². The highest BCUT2D eigenvalue weighted by Gasteiger charge is 2.11. The number of aromatic nitrogens is 1. The van der Waals surface area contributed by atoms with Crippen molar-refractivity contribution in [3.05, 3.63) is 46.1 Å². The quantitative estimate of drug-likeness (QED) is 0.687. The number of ether oxygens (including phenoxy) is 1. The Hall–Kier alpha value is -2.14. The van der Waals surface area contributed by atoms with E-state index in [1.165, 1.54) is 11.3 Å². The molecule has 96 valence electrons. The molecule has 19 heavy (non-hydrogen) atoms. The lowest BCUT2D eigenvalue weighted by Gasteiger charge is -1.99. The minimum absolute atomic E-state index is 0.382. The minimum atomic E-state index is -0.382. The molecule has 0 aliphatic rings. The van der Waals surface area contributed by atoms with Crippen LogP contribution in [-0.4, -0.2) is 11.6 Å². The van der Waals surface area contributed by atoms with Crippen LogP contribution < -0.4 is 10.4 Å². The first kappa shape index (κ1) is 11.9. The van der Waals surface area contributed by atoms with Crippen LogP contribution in [0.1, 0.15) is 6.92 Å². The Morgan fingerprint density at radius 3 is 3.05 bits per heavy atom. The Morgan fingerprint density at radius 2 is 2.21 bits per heavy atom. The third kappa shape index (κ3) is 2.24. The molecule has 3 aromatic rings. The Labute approximate surface area is 113 Å². The van der Waals surface area contributed by atoms with E-state index in [4.69, 9.17) is 9.15 Å². The number of benzene rings is 1. The Morgan fingerprint density at radius 1 is 1.37 bits per heavy atom. The summed E-state index contributed by atoms with van der Waals surface area (Å²) >= 11 is 1.37. The summed E-state index contributed by atoms with van der Waals surface area (Å²) in [6.07, 6.45) is 0. The fraction of sp³-hybridized carbons (Fsp3) is 0.143. The first-order valence-corrected chi connectivity index (χ1v) is 6.77. The smallest absolute Gasteiger partial charge is 0.345 e. The average Bonchev–Trinajstić information content (AvgIpc) is 2.87. The molecule has 0 aliphatic carbocycles. The van der Waals surface area contributed by atoms with E-state index in [1.54, 1.807) is 17.5 Å². The van der Waals surface area contributed by atoms with E-state index in [1.807, 2.05) is 25.1 Å². The lowest BCUT2D eigenvalue weighted by atomic mass is 10.1. The molecule has 5 heteroatoms. The molecule has 0 amide bonds. The standard InChI is InChI=1S/C14H11NO3S/c1-2-17-14-15-11(8-19-14)10-7-9-5-3-4-6-12(9)18-13(10)16/h3-8H,2H2,1H3. The van der Waals surface area contributed by atoms with E-state index in [9.17, 15) is 4.79 Å². The minimum Gasteiger partial charge on any atom is -0.470 e. The summed E-state index contributed by atoms with van der Waals surface area (Å²) in [7, 11) is 0. The van der Waals surface area contributed by atoms with Gasteiger partial charge in [-0.3, -0.25) is 0 Å². The molecular formula is C14H11NO3S. The Kier molecular flexibility index (Phi) is 3.05. The van der Waals surface area contributed by atoms with Crippen molar-refractivity contribution >= 4 is 22.3 Å². The zero-order valence-electron chi connectivity index (χ0n) is 10.3. The highest BCUT2D eigenvalue weighted by Crippen LogP contribution is 2.26. The van der Waals surface area contributed by atoms with Gasteiger partial charge in [-0.05, 0) is 19.1 Å². The second-order valence-corrected chi connectivity index (χ2v) is 4.74. The number of thiazole rings is 1. The second kappa shape index (κ2) is 4.85. The number of para-hydroxylation sites is 1. The lowest BCUT2D eigenvalue weighted by molar-refractivity contribution is 0.338. The van der Waals surface area contributed by atoms with Gasteiger partial charge >= 0.3 is 5.63 Å². The molecule has 3 rings (SSSR count). The molecule has 0 spiro atoms. The number of nitrogens with zero attached hydrogens (tertiary/aromatic N) is 1. The van der Waals surface area contributed by atoms with E-state index in [0.29, 0.717) is 28.6 Å². The van der Waals surface area contributed by atoms with Crippen LogP contribution in [0.3, 0.4) is 0 Å². The fourth-order valence-corrected chi connectivity index (χ4v) is 2.54. The summed E-state index contributed by atoms with van der Waals surface area (Å²) in [6, 6.07) is 9.20. The van der Waals surface area contributed by atoms with Gasteiger partial charge in [0, 0.05) is 10.8 Å². The number of fused-ring (bicyclic) bond motifs is 1. The molecule has 0 unspecified atom stereocenters. The van der Waals surface area contributed by atoms with Crippen molar-refractivity contribution in [3.8, 4) is 16.5 Å². The van der Waals surface area contributed by atoms with Crippen molar-refractivity contribution in [3.63, 3.8) is 0 Å². The molecule has 0 atom stereocenters. The number of hydrogen-bond donors (Lipinski definition) is 0. The van der Waals surface area contributed by atoms with Crippen LogP contribution in [0, 0.1) is 0 Å². The van der Waals surface area contributed by atoms with Crippen molar-refractivity contribution in [2.75, 3.05) is 6.61 Å². The third-order valence-corrected chi connectivity index (χ3v) is 3.42. The first-order valence-electron chi connectivity index (χ1n) is 5.89. The lowest BCUT2D eigenvalue weighted by Crippen LogP contribution is -2.02. The molecule has 0 saturated heterocycles. The van der Waals surface area contributed by atoms with Crippen molar-refractivity contribution in [2.24, 2.45) is 0 Å². The second-order valence-electron chi connectivity index (χ2n) is 3.92. The molecule has 0 aliphatic heterocycles. The summed E-state index contributed by atoms with van der Waals surface area (Å²) in [5.74, 6) is 0. The van der Waals surface area contributed by atoms with E-state index >= 15 is 0 Å². The van der Waals surface area contributed by atoms with Gasteiger partial charge in [-0.15, -0.1) is 0 Å². The van der Waals surface area contributed by atoms with Gasteiger partial charge in [0.1, 0.15) is 5.58 Å². The van der Waals surface area contributed by atoms with Crippen LogP contribution in [-0.2, 0) is 0 Å². The normalized spacial score (nSPS) is 10.8. The number of rotatable bonds is 3. The van der Waals surface area contributed by atoms with Crippen LogP contribution in [0.25, 0.3) is 22.2 Å². The molecule has 0 bridgehead atoms. The average molecular weight is 273 g/mol. The molecule has 2 aromatic heterocycles. The molecule has 0 N–H and O–H groups in total. The van der Waals surface area contributed by atoms with Gasteiger partial charge in [-0.1, -0.05) is 29.5 Å². The van der Waals surface area contributed by atoms with Crippen molar-refractivity contribution in [2.45, 2.75) is 6.92 Å². The van der Waals surface area contributed by atoms with Crippen LogP contribution >= 0.6 is 11.3 Å². The van der Waals surface area contributed by atoms with Gasteiger partial charge in [-0.2, -0.15) is 0 Å². The molecule has 0 saturated carbocycles. The van der Waals surface area contributed by atoms with Crippen LogP contribution in [0.2, 0.25) is 0 Å². The predicted octanol–water partition coefficient (Wildman–Crippen LogP) is 3.32. The monoisotopic (exact) mass is 273 g/mol. The van der Waals surface area contributed by atoms with Crippen LogP contribution in [0.15, 0.2) is 44.9 Å². The Bertz CT molecular complexity index is 775. The van der Waals surface area contributed by atoms with Crippen LogP contribution in [0.5, 0.6) is 5.19 Å². The highest BCUT2D eigenvalue weighted by atomic mass is 32.1. The zero-order chi connectivity index (χ0) is 13.2. The van der Waals surface area contributed by atoms with Gasteiger partial charge in [0.05, 0.1) is 17.9 Å². The third-order valence-electron chi connectivity index (χ3n) is 2.67. The molecule has 4 nitrogen and oxygen atoms in total. The van der Waals surface area contributed by atoms with E-state index in [-0.39, 0.29) is 5.63 Å². The molecule has 0 fully saturated rings. The van der Waals surface area contributed by atoms with Crippen molar-refractivity contribution in [1.29, 1.82) is 0 Å². The van der Waals surface area contributed by atoms with E-state index in [0.717, 1.165) is 5.39 Å². The zero-order valence-corrected chi connectivity index (χ0v) is 11.1. The summed E-state index contributed by atoms with van der Waals surface area (Å²) in [6.45, 7) is 2.45. The summed E-state index contributed by atoms with van der Waals surface area (Å²) in [4.78, 5) is 16.2. The molecular weight excluding hydrogens is 262 g/mol. The van der Waals surface area contributed by atoms with Gasteiger partial charge in [0.2, 0.25) is 0 Å².